The maximum atomic E-state index is 6.23. The highest BCUT2D eigenvalue weighted by Gasteiger charge is 2.31. The van der Waals surface area contributed by atoms with E-state index in [1.165, 1.54) is 24.2 Å². The lowest BCUT2D eigenvalue weighted by Gasteiger charge is -2.25. The summed E-state index contributed by atoms with van der Waals surface area (Å²) in [6.45, 7) is 2.25. The van der Waals surface area contributed by atoms with Crippen LogP contribution in [0.25, 0.3) is 0 Å². The molecule has 0 atom stereocenters. The summed E-state index contributed by atoms with van der Waals surface area (Å²) in [4.78, 5) is 0. The van der Waals surface area contributed by atoms with Crippen molar-refractivity contribution in [3.63, 3.8) is 0 Å². The van der Waals surface area contributed by atoms with E-state index in [4.69, 9.17) is 22.2 Å². The van der Waals surface area contributed by atoms with Gasteiger partial charge in [0.2, 0.25) is 0 Å². The Hall–Kier alpha value is 1.01. The molecule has 1 aliphatic rings. The molecule has 0 amide bonds. The summed E-state index contributed by atoms with van der Waals surface area (Å²) < 4.78 is 0. The van der Waals surface area contributed by atoms with E-state index in [0.29, 0.717) is 0 Å². The SMILES string of the molecule is C[Si]1(Cl)CC[Si](Cl)CC1. The summed E-state index contributed by atoms with van der Waals surface area (Å²) in [6.07, 6.45) is 0. The molecule has 0 bridgehead atoms. The van der Waals surface area contributed by atoms with Crippen LogP contribution in [0.4, 0.5) is 0 Å². The second-order valence-corrected chi connectivity index (χ2v) is 13.1. The molecule has 0 aromatic carbocycles. The second kappa shape index (κ2) is 2.95. The predicted octanol–water partition coefficient (Wildman–Crippen LogP) is 3.04. The van der Waals surface area contributed by atoms with Crippen molar-refractivity contribution in [1.82, 2.24) is 0 Å². The van der Waals surface area contributed by atoms with Gasteiger partial charge in [0.05, 0.1) is 0 Å². The minimum Gasteiger partial charge on any atom is -0.169 e. The van der Waals surface area contributed by atoms with Gasteiger partial charge in [-0.05, 0) is 24.2 Å². The molecule has 0 unspecified atom stereocenters. The lowest BCUT2D eigenvalue weighted by atomic mass is 10.9. The highest BCUT2D eigenvalue weighted by Crippen LogP contribution is 2.33. The van der Waals surface area contributed by atoms with Gasteiger partial charge in [-0.2, -0.15) is 22.2 Å². The molecule has 0 spiro atoms. The standard InChI is InChI=1S/C5H11Cl2Si2/c1-9(7)4-2-8(6)3-5-9/h2-5H2,1H3. The zero-order valence-electron chi connectivity index (χ0n) is 5.58. The molecule has 9 heavy (non-hydrogen) atoms. The average molecular weight is 198 g/mol. The number of hydrogen-bond donors (Lipinski definition) is 0. The van der Waals surface area contributed by atoms with Crippen molar-refractivity contribution in [2.75, 3.05) is 0 Å². The van der Waals surface area contributed by atoms with Gasteiger partial charge in [0.15, 0.2) is 15.5 Å². The van der Waals surface area contributed by atoms with E-state index in [0.717, 1.165) is 0 Å². The van der Waals surface area contributed by atoms with Crippen molar-refractivity contribution in [2.45, 2.75) is 30.7 Å². The summed E-state index contributed by atoms with van der Waals surface area (Å²) in [6, 6.07) is 5.01. The van der Waals surface area contributed by atoms with E-state index in [1.54, 1.807) is 0 Å². The molecule has 0 saturated carbocycles. The third-order valence-electron chi connectivity index (χ3n) is 1.84. The molecular formula is C5H11Cl2Si2. The fourth-order valence-corrected chi connectivity index (χ4v) is 11.3. The minimum absolute atomic E-state index is 0.441. The summed E-state index contributed by atoms with van der Waals surface area (Å²) in [5.74, 6) is 0. The van der Waals surface area contributed by atoms with Crippen molar-refractivity contribution in [1.29, 1.82) is 0 Å². The molecular weight excluding hydrogens is 187 g/mol. The van der Waals surface area contributed by atoms with Gasteiger partial charge in [-0.1, -0.05) is 6.55 Å². The molecule has 1 radical (unpaired) electrons. The summed E-state index contributed by atoms with van der Waals surface area (Å²) in [5, 5.41) is 0. The van der Waals surface area contributed by atoms with E-state index in [2.05, 4.69) is 6.55 Å². The van der Waals surface area contributed by atoms with Gasteiger partial charge < -0.3 is 0 Å². The van der Waals surface area contributed by atoms with Crippen LogP contribution in [0.2, 0.25) is 30.7 Å². The quantitative estimate of drug-likeness (QED) is 0.414. The largest absolute Gasteiger partial charge is 0.169 e. The van der Waals surface area contributed by atoms with E-state index in [9.17, 15) is 0 Å². The topological polar surface area (TPSA) is 0 Å². The summed E-state index contributed by atoms with van der Waals surface area (Å²) in [5.41, 5.74) is 0. The van der Waals surface area contributed by atoms with Crippen LogP contribution in [0.1, 0.15) is 0 Å². The first kappa shape index (κ1) is 8.11. The van der Waals surface area contributed by atoms with Gasteiger partial charge >= 0.3 is 0 Å². The van der Waals surface area contributed by atoms with Crippen LogP contribution in [0, 0.1) is 0 Å². The zero-order chi connectivity index (χ0) is 6.91. The Bertz CT molecular complexity index is 95.1. The fourth-order valence-electron chi connectivity index (χ4n) is 1.04. The lowest BCUT2D eigenvalue weighted by molar-refractivity contribution is 1.19. The first-order chi connectivity index (χ1) is 4.10. The summed E-state index contributed by atoms with van der Waals surface area (Å²) in [7, 11) is -1.66. The van der Waals surface area contributed by atoms with Crippen LogP contribution < -0.4 is 0 Å². The van der Waals surface area contributed by atoms with E-state index in [1.807, 2.05) is 0 Å². The number of halogens is 2. The normalized spacial score (nSPS) is 28.3. The predicted molar refractivity (Wildman–Crippen MR) is 48.3 cm³/mol. The molecule has 0 aromatic heterocycles. The molecule has 0 aliphatic carbocycles. The van der Waals surface area contributed by atoms with Crippen LogP contribution in [0.15, 0.2) is 0 Å². The molecule has 1 rings (SSSR count). The Labute approximate surface area is 68.6 Å². The fraction of sp³-hybridized carbons (Fsp3) is 1.00. The highest BCUT2D eigenvalue weighted by molar-refractivity contribution is 7.22. The van der Waals surface area contributed by atoms with Crippen molar-refractivity contribution < 1.29 is 0 Å². The molecule has 1 heterocycles. The van der Waals surface area contributed by atoms with Crippen molar-refractivity contribution in [3.8, 4) is 0 Å². The third kappa shape index (κ3) is 2.62. The Kier molecular flexibility index (Phi) is 2.66. The van der Waals surface area contributed by atoms with Gasteiger partial charge in [0, 0.05) is 0 Å². The van der Waals surface area contributed by atoms with Crippen LogP contribution in [-0.2, 0) is 0 Å². The minimum atomic E-state index is -1.22. The van der Waals surface area contributed by atoms with Gasteiger partial charge in [-0.25, -0.2) is 0 Å². The maximum Gasteiger partial charge on any atom is 0.164 e. The molecule has 1 fully saturated rings. The second-order valence-electron chi connectivity index (χ2n) is 2.93. The first-order valence-corrected chi connectivity index (χ1v) is 10.1. The van der Waals surface area contributed by atoms with Gasteiger partial charge in [0.1, 0.15) is 0 Å². The van der Waals surface area contributed by atoms with Gasteiger partial charge in [-0.3, -0.25) is 0 Å². The molecule has 0 N–H and O–H groups in total. The molecule has 1 saturated heterocycles. The summed E-state index contributed by atoms with van der Waals surface area (Å²) >= 11 is 12.2. The Morgan fingerprint density at radius 3 is 2.11 bits per heavy atom. The molecule has 0 nitrogen and oxygen atoms in total. The number of hydrogen-bond acceptors (Lipinski definition) is 0. The van der Waals surface area contributed by atoms with Gasteiger partial charge in [0.25, 0.3) is 0 Å². The first-order valence-electron chi connectivity index (χ1n) is 3.29. The molecule has 1 aliphatic heterocycles. The van der Waals surface area contributed by atoms with E-state index < -0.39 is 15.5 Å². The van der Waals surface area contributed by atoms with E-state index >= 15 is 0 Å². The number of rotatable bonds is 0. The van der Waals surface area contributed by atoms with Crippen LogP contribution >= 0.6 is 22.2 Å². The Balaban J connectivity index is 2.35. The maximum absolute atomic E-state index is 6.23. The van der Waals surface area contributed by atoms with Crippen LogP contribution in [-0.4, -0.2) is 15.5 Å². The van der Waals surface area contributed by atoms with Crippen molar-refractivity contribution in [2.24, 2.45) is 0 Å². The van der Waals surface area contributed by atoms with Crippen LogP contribution in [0.3, 0.4) is 0 Å². The van der Waals surface area contributed by atoms with Crippen molar-refractivity contribution in [3.05, 3.63) is 0 Å². The molecule has 0 aromatic rings. The molecule has 4 heteroatoms. The zero-order valence-corrected chi connectivity index (χ0v) is 9.10. The molecule has 53 valence electrons. The average Bonchev–Trinajstić information content (AvgIpc) is 1.78. The monoisotopic (exact) mass is 197 g/mol. The van der Waals surface area contributed by atoms with Crippen molar-refractivity contribution >= 4 is 37.6 Å². The van der Waals surface area contributed by atoms with E-state index in [-0.39, 0.29) is 0 Å². The Morgan fingerprint density at radius 1 is 1.33 bits per heavy atom. The third-order valence-corrected chi connectivity index (χ3v) is 9.27. The Morgan fingerprint density at radius 2 is 1.78 bits per heavy atom. The van der Waals surface area contributed by atoms with Crippen LogP contribution in [0.5, 0.6) is 0 Å². The smallest absolute Gasteiger partial charge is 0.164 e. The highest BCUT2D eigenvalue weighted by atomic mass is 35.6. The lowest BCUT2D eigenvalue weighted by Crippen LogP contribution is -2.29. The van der Waals surface area contributed by atoms with Gasteiger partial charge in [-0.15, -0.1) is 0 Å².